The van der Waals surface area contributed by atoms with E-state index in [-0.39, 0.29) is 17.0 Å². The fourth-order valence-corrected chi connectivity index (χ4v) is 4.96. The van der Waals surface area contributed by atoms with E-state index in [1.165, 1.54) is 38.5 Å². The van der Waals surface area contributed by atoms with Gasteiger partial charge in [0.15, 0.2) is 10.8 Å². The predicted octanol–water partition coefficient (Wildman–Crippen LogP) is 2.95. The second-order valence-electron chi connectivity index (χ2n) is 5.97. The van der Waals surface area contributed by atoms with Crippen LogP contribution in [0.1, 0.15) is 25.3 Å². The lowest BCUT2D eigenvalue weighted by atomic mass is 10.4. The molecule has 3 rings (SSSR count). The van der Waals surface area contributed by atoms with Crippen LogP contribution in [0, 0.1) is 6.92 Å². The van der Waals surface area contributed by atoms with Crippen LogP contribution < -0.4 is 5.56 Å². The van der Waals surface area contributed by atoms with Crippen molar-refractivity contribution in [1.82, 2.24) is 13.9 Å². The van der Waals surface area contributed by atoms with Crippen LogP contribution in [0.2, 0.25) is 0 Å². The van der Waals surface area contributed by atoms with Crippen molar-refractivity contribution in [3.63, 3.8) is 0 Å². The van der Waals surface area contributed by atoms with Crippen molar-refractivity contribution in [3.05, 3.63) is 57.7 Å². The molecule has 0 saturated carbocycles. The first-order valence-electron chi connectivity index (χ1n) is 8.57. The van der Waals surface area contributed by atoms with Crippen molar-refractivity contribution >= 4 is 21.4 Å². The molecule has 0 aliphatic heterocycles. The number of sulfonamides is 1. The number of hydrogen-bond donors (Lipinski definition) is 0. The Kier molecular flexibility index (Phi) is 5.64. The van der Waals surface area contributed by atoms with E-state index in [0.717, 1.165) is 10.8 Å². The van der Waals surface area contributed by atoms with E-state index in [0.29, 0.717) is 24.5 Å². The molecule has 0 N–H and O–H groups in total. The van der Waals surface area contributed by atoms with Gasteiger partial charge >= 0.3 is 0 Å². The van der Waals surface area contributed by atoms with Crippen molar-refractivity contribution in [2.24, 2.45) is 0 Å². The summed E-state index contributed by atoms with van der Waals surface area (Å²) in [5.74, 6) is 1.47. The molecule has 0 spiro atoms. The molecule has 0 bridgehead atoms. The number of rotatable bonds is 7. The van der Waals surface area contributed by atoms with Crippen LogP contribution in [-0.2, 0) is 16.6 Å². The molecule has 7 nitrogen and oxygen atoms in total. The molecule has 144 valence electrons. The Morgan fingerprint density at radius 2 is 1.93 bits per heavy atom. The Labute approximate surface area is 162 Å². The molecule has 0 aliphatic carbocycles. The summed E-state index contributed by atoms with van der Waals surface area (Å²) < 4.78 is 33.7. The molecule has 0 unspecified atom stereocenters. The molecule has 27 heavy (non-hydrogen) atoms. The van der Waals surface area contributed by atoms with Gasteiger partial charge in [0, 0.05) is 30.7 Å². The molecule has 0 atom stereocenters. The van der Waals surface area contributed by atoms with Crippen molar-refractivity contribution in [2.75, 3.05) is 13.1 Å². The maximum atomic E-state index is 12.7. The fraction of sp³-hybridized carbons (Fsp3) is 0.333. The number of aromatic nitrogens is 2. The highest BCUT2D eigenvalue weighted by molar-refractivity contribution is 7.89. The van der Waals surface area contributed by atoms with Gasteiger partial charge in [0.05, 0.1) is 17.1 Å². The zero-order chi connectivity index (χ0) is 19.6. The van der Waals surface area contributed by atoms with Gasteiger partial charge in [-0.25, -0.2) is 13.4 Å². The van der Waals surface area contributed by atoms with Gasteiger partial charge in [0.1, 0.15) is 5.76 Å². The Morgan fingerprint density at radius 3 is 2.56 bits per heavy atom. The molecular formula is C18H21N3O4S2. The second-order valence-corrected chi connectivity index (χ2v) is 8.77. The quantitative estimate of drug-likeness (QED) is 0.601. The van der Waals surface area contributed by atoms with Crippen LogP contribution in [0.25, 0.3) is 10.8 Å². The summed E-state index contributed by atoms with van der Waals surface area (Å²) in [4.78, 5) is 16.8. The summed E-state index contributed by atoms with van der Waals surface area (Å²) in [7, 11) is -3.63. The van der Waals surface area contributed by atoms with Crippen LogP contribution >= 0.6 is 11.3 Å². The fourth-order valence-electron chi connectivity index (χ4n) is 2.71. The van der Waals surface area contributed by atoms with Crippen LogP contribution in [0.15, 0.2) is 49.9 Å². The van der Waals surface area contributed by atoms with Gasteiger partial charge in [-0.2, -0.15) is 4.31 Å². The van der Waals surface area contributed by atoms with E-state index >= 15 is 0 Å². The maximum absolute atomic E-state index is 12.7. The number of furan rings is 1. The lowest BCUT2D eigenvalue weighted by Crippen LogP contribution is -2.32. The van der Waals surface area contributed by atoms with E-state index < -0.39 is 10.0 Å². The predicted molar refractivity (Wildman–Crippen MR) is 104 cm³/mol. The van der Waals surface area contributed by atoms with Crippen LogP contribution in [0.4, 0.5) is 0 Å². The molecule has 0 fully saturated rings. The van der Waals surface area contributed by atoms with Crippen molar-refractivity contribution in [2.45, 2.75) is 32.2 Å². The van der Waals surface area contributed by atoms with Gasteiger partial charge in [-0.1, -0.05) is 13.8 Å². The van der Waals surface area contributed by atoms with Gasteiger partial charge in [-0.3, -0.25) is 4.79 Å². The average Bonchev–Trinajstić information content (AvgIpc) is 3.26. The van der Waals surface area contributed by atoms with Crippen molar-refractivity contribution in [1.29, 1.82) is 0 Å². The third-order valence-corrected chi connectivity index (χ3v) is 7.07. The van der Waals surface area contributed by atoms with Crippen LogP contribution in [0.3, 0.4) is 0 Å². The smallest absolute Gasteiger partial charge is 0.250 e. The Bertz CT molecular complexity index is 1090. The largest absolute Gasteiger partial charge is 0.459 e. The Morgan fingerprint density at radius 1 is 1.19 bits per heavy atom. The zero-order valence-corrected chi connectivity index (χ0v) is 17.0. The van der Waals surface area contributed by atoms with Gasteiger partial charge in [0.25, 0.3) is 5.56 Å². The number of aryl methyl sites for hydroxylation is 1. The first kappa shape index (κ1) is 19.5. The molecular weight excluding hydrogens is 386 g/mol. The third-order valence-electron chi connectivity index (χ3n) is 4.13. The minimum Gasteiger partial charge on any atom is -0.459 e. The molecule has 3 heterocycles. The summed E-state index contributed by atoms with van der Waals surface area (Å²) in [6.45, 7) is 6.36. The minimum atomic E-state index is -3.63. The molecule has 0 radical (unpaired) electrons. The highest BCUT2D eigenvalue weighted by Crippen LogP contribution is 2.25. The highest BCUT2D eigenvalue weighted by Gasteiger charge is 2.22. The minimum absolute atomic E-state index is 0.0999. The van der Waals surface area contributed by atoms with Crippen LogP contribution in [0.5, 0.6) is 0 Å². The molecule has 3 aromatic heterocycles. The SMILES string of the molecule is CCN(CC)S(=O)(=O)c1ccc(=O)n(Cc2csc(-c3ccc(C)o3)n2)c1. The average molecular weight is 408 g/mol. The lowest BCUT2D eigenvalue weighted by Gasteiger charge is -2.18. The van der Waals surface area contributed by atoms with Gasteiger partial charge in [-0.15, -0.1) is 11.3 Å². The summed E-state index contributed by atoms with van der Waals surface area (Å²) in [6.07, 6.45) is 1.38. The number of nitrogens with zero attached hydrogens (tertiary/aromatic N) is 3. The van der Waals surface area contributed by atoms with E-state index in [1.54, 1.807) is 13.8 Å². The summed E-state index contributed by atoms with van der Waals surface area (Å²) >= 11 is 1.42. The standard InChI is InChI=1S/C18H21N3O4S2/c1-4-21(5-2)27(23,24)15-7-9-17(22)20(11-15)10-14-12-26-18(19-14)16-8-6-13(3)25-16/h6-9,11-12H,4-5,10H2,1-3H3. The van der Waals surface area contributed by atoms with Crippen LogP contribution in [-0.4, -0.2) is 35.4 Å². The Balaban J connectivity index is 1.90. The zero-order valence-electron chi connectivity index (χ0n) is 15.4. The lowest BCUT2D eigenvalue weighted by molar-refractivity contribution is 0.444. The van der Waals surface area contributed by atoms with Crippen molar-refractivity contribution < 1.29 is 12.8 Å². The van der Waals surface area contributed by atoms with E-state index in [1.807, 2.05) is 24.4 Å². The molecule has 9 heteroatoms. The molecule has 0 amide bonds. The van der Waals surface area contributed by atoms with E-state index in [2.05, 4.69) is 4.98 Å². The number of hydrogen-bond acceptors (Lipinski definition) is 6. The maximum Gasteiger partial charge on any atom is 0.250 e. The normalized spacial score (nSPS) is 12.0. The molecule has 0 aromatic carbocycles. The number of pyridine rings is 1. The van der Waals surface area contributed by atoms with Gasteiger partial charge in [0.2, 0.25) is 10.0 Å². The molecule has 0 aliphatic rings. The highest BCUT2D eigenvalue weighted by atomic mass is 32.2. The molecule has 3 aromatic rings. The Hall–Kier alpha value is -2.23. The van der Waals surface area contributed by atoms with Gasteiger partial charge < -0.3 is 8.98 Å². The third kappa shape index (κ3) is 4.05. The van der Waals surface area contributed by atoms with E-state index in [9.17, 15) is 13.2 Å². The first-order chi connectivity index (χ1) is 12.8. The second kappa shape index (κ2) is 7.79. The van der Waals surface area contributed by atoms with E-state index in [4.69, 9.17) is 4.42 Å². The summed E-state index contributed by atoms with van der Waals surface area (Å²) in [6, 6.07) is 6.34. The summed E-state index contributed by atoms with van der Waals surface area (Å²) in [5, 5.41) is 2.56. The van der Waals surface area contributed by atoms with Gasteiger partial charge in [-0.05, 0) is 25.1 Å². The summed E-state index contributed by atoms with van der Waals surface area (Å²) in [5.41, 5.74) is 0.389. The topological polar surface area (TPSA) is 85.4 Å². The first-order valence-corrected chi connectivity index (χ1v) is 10.9. The monoisotopic (exact) mass is 407 g/mol. The molecule has 0 saturated heterocycles. The number of thiazole rings is 1. The van der Waals surface area contributed by atoms with Crippen molar-refractivity contribution in [3.8, 4) is 10.8 Å².